The first-order chi connectivity index (χ1) is 15.3. The van der Waals surface area contributed by atoms with E-state index in [4.69, 9.17) is 16.1 Å². The van der Waals surface area contributed by atoms with Crippen LogP contribution in [0.3, 0.4) is 0 Å². The van der Waals surface area contributed by atoms with E-state index in [0.717, 1.165) is 11.3 Å². The lowest BCUT2D eigenvalue weighted by atomic mass is 10.2. The summed E-state index contributed by atoms with van der Waals surface area (Å²) >= 11 is 7.05. The zero-order valence-corrected chi connectivity index (χ0v) is 17.8. The van der Waals surface area contributed by atoms with Gasteiger partial charge in [0.2, 0.25) is 5.82 Å². The Balaban J connectivity index is 1.69. The van der Waals surface area contributed by atoms with E-state index in [-0.39, 0.29) is 26.9 Å². The van der Waals surface area contributed by atoms with Gasteiger partial charge in [-0.05, 0) is 43.3 Å². The zero-order valence-electron chi connectivity index (χ0n) is 16.3. The number of thiazole rings is 1. The van der Waals surface area contributed by atoms with Gasteiger partial charge >= 0.3 is 5.97 Å². The Morgan fingerprint density at radius 1 is 1.19 bits per heavy atom. The molecule has 0 unspecified atom stereocenters. The van der Waals surface area contributed by atoms with Gasteiger partial charge in [-0.3, -0.25) is 9.78 Å². The molecule has 0 fully saturated rings. The number of pyridine rings is 1. The summed E-state index contributed by atoms with van der Waals surface area (Å²) in [4.78, 5) is 38.2. The summed E-state index contributed by atoms with van der Waals surface area (Å²) in [5, 5.41) is 13.3. The fourth-order valence-corrected chi connectivity index (χ4v) is 4.08. The number of carboxylic acid groups (broad SMARTS) is 1. The molecule has 0 bridgehead atoms. The van der Waals surface area contributed by atoms with E-state index in [1.165, 1.54) is 36.1 Å². The fraction of sp³-hybridized carbons (Fsp3) is 0.100. The molecular formula is C20H13ClFN5O4S. The average molecular weight is 474 g/mol. The molecule has 1 atom stereocenters. The normalized spacial score (nSPS) is 11.8. The van der Waals surface area contributed by atoms with Crippen LogP contribution >= 0.6 is 22.9 Å². The number of anilines is 2. The van der Waals surface area contributed by atoms with Crippen molar-refractivity contribution in [2.75, 3.05) is 4.90 Å². The maximum Gasteiger partial charge on any atom is 0.326 e. The molecule has 9 nitrogen and oxygen atoms in total. The first-order valence-electron chi connectivity index (χ1n) is 9.09. The predicted molar refractivity (Wildman–Crippen MR) is 114 cm³/mol. The summed E-state index contributed by atoms with van der Waals surface area (Å²) in [6.07, 6.45) is 1.55. The number of carbonyl (C=O) groups excluding carboxylic acids is 1. The van der Waals surface area contributed by atoms with Gasteiger partial charge in [-0.25, -0.2) is 14.2 Å². The van der Waals surface area contributed by atoms with Crippen LogP contribution in [0, 0.1) is 5.82 Å². The van der Waals surface area contributed by atoms with Gasteiger partial charge in [0.1, 0.15) is 22.4 Å². The van der Waals surface area contributed by atoms with Gasteiger partial charge in [0.05, 0.1) is 0 Å². The smallest absolute Gasteiger partial charge is 0.326 e. The van der Waals surface area contributed by atoms with E-state index >= 15 is 0 Å². The first kappa shape index (κ1) is 21.5. The highest BCUT2D eigenvalue weighted by Crippen LogP contribution is 2.36. The van der Waals surface area contributed by atoms with Gasteiger partial charge in [-0.1, -0.05) is 34.2 Å². The van der Waals surface area contributed by atoms with Crippen LogP contribution < -0.4 is 4.90 Å². The third-order valence-corrected chi connectivity index (χ3v) is 5.79. The molecular weight excluding hydrogens is 461 g/mol. The van der Waals surface area contributed by atoms with Crippen molar-refractivity contribution in [2.45, 2.75) is 13.0 Å². The molecule has 4 rings (SSSR count). The van der Waals surface area contributed by atoms with Gasteiger partial charge in [0.15, 0.2) is 10.3 Å². The van der Waals surface area contributed by atoms with Gasteiger partial charge in [0.25, 0.3) is 11.7 Å². The first-order valence-corrected chi connectivity index (χ1v) is 10.3. The minimum absolute atomic E-state index is 0.0115. The van der Waals surface area contributed by atoms with Crippen molar-refractivity contribution in [3.05, 3.63) is 70.4 Å². The maximum atomic E-state index is 13.4. The molecule has 0 aliphatic heterocycles. The van der Waals surface area contributed by atoms with Gasteiger partial charge in [-0.15, -0.1) is 0 Å². The lowest BCUT2D eigenvalue weighted by Crippen LogP contribution is -2.35. The Kier molecular flexibility index (Phi) is 5.93. The van der Waals surface area contributed by atoms with Crippen molar-refractivity contribution in [2.24, 2.45) is 0 Å². The Morgan fingerprint density at radius 3 is 2.59 bits per heavy atom. The summed E-state index contributed by atoms with van der Waals surface area (Å²) in [5.74, 6) is -2.49. The van der Waals surface area contributed by atoms with Crippen molar-refractivity contribution >= 4 is 45.5 Å². The third kappa shape index (κ3) is 4.20. The van der Waals surface area contributed by atoms with E-state index < -0.39 is 23.6 Å². The van der Waals surface area contributed by atoms with Crippen LogP contribution in [0.15, 0.2) is 53.2 Å². The summed E-state index contributed by atoms with van der Waals surface area (Å²) in [6, 6.07) is 9.23. The molecule has 0 amide bonds. The molecule has 0 saturated carbocycles. The minimum atomic E-state index is -1.15. The molecule has 12 heteroatoms. The second-order valence-electron chi connectivity index (χ2n) is 6.44. The minimum Gasteiger partial charge on any atom is -0.480 e. The van der Waals surface area contributed by atoms with E-state index in [2.05, 4.69) is 20.1 Å². The van der Waals surface area contributed by atoms with Crippen molar-refractivity contribution in [3.63, 3.8) is 0 Å². The molecule has 1 N–H and O–H groups in total. The number of halogens is 2. The van der Waals surface area contributed by atoms with Crippen LogP contribution in [-0.4, -0.2) is 43.0 Å². The second-order valence-corrected chi connectivity index (χ2v) is 7.78. The van der Waals surface area contributed by atoms with Crippen molar-refractivity contribution in [1.29, 1.82) is 0 Å². The number of aliphatic carboxylic acids is 1. The fourth-order valence-electron chi connectivity index (χ4n) is 2.76. The number of ketones is 1. The van der Waals surface area contributed by atoms with Crippen LogP contribution in [0.4, 0.5) is 15.2 Å². The SMILES string of the molecule is C[C@@H](C(=O)O)N(c1ccc(F)cc1)c1nc(Cl)c(C(=O)c2nc(-c3ccccn3)no2)s1. The zero-order chi connectivity index (χ0) is 22.8. The lowest BCUT2D eigenvalue weighted by Gasteiger charge is -2.25. The van der Waals surface area contributed by atoms with Crippen LogP contribution in [0.2, 0.25) is 5.15 Å². The number of benzene rings is 1. The largest absolute Gasteiger partial charge is 0.480 e. The standard InChI is InChI=1S/C20H13ClFN5O4S/c1-10(19(29)30)27(12-7-5-11(22)6-8-12)20-24-16(21)15(32-20)14(28)18-25-17(26-31-18)13-4-2-3-9-23-13/h2-10H,1H3,(H,29,30)/t10-/m0/s1. The highest BCUT2D eigenvalue weighted by Gasteiger charge is 2.30. The van der Waals surface area contributed by atoms with Crippen LogP contribution in [0.5, 0.6) is 0 Å². The molecule has 0 aliphatic rings. The topological polar surface area (TPSA) is 122 Å². The van der Waals surface area contributed by atoms with Crippen LogP contribution in [-0.2, 0) is 4.79 Å². The summed E-state index contributed by atoms with van der Waals surface area (Å²) in [7, 11) is 0. The van der Waals surface area contributed by atoms with E-state index in [9.17, 15) is 19.1 Å². The second kappa shape index (κ2) is 8.81. The lowest BCUT2D eigenvalue weighted by molar-refractivity contribution is -0.138. The predicted octanol–water partition coefficient (Wildman–Crippen LogP) is 4.22. The van der Waals surface area contributed by atoms with Crippen LogP contribution in [0.25, 0.3) is 11.5 Å². The Bertz CT molecular complexity index is 1280. The molecule has 0 saturated heterocycles. The van der Waals surface area contributed by atoms with Gasteiger partial charge < -0.3 is 14.5 Å². The molecule has 0 spiro atoms. The van der Waals surface area contributed by atoms with E-state index in [1.54, 1.807) is 24.4 Å². The highest BCUT2D eigenvalue weighted by atomic mass is 35.5. The molecule has 3 aromatic heterocycles. The molecule has 3 heterocycles. The number of aromatic nitrogens is 4. The Labute approximate surface area is 189 Å². The number of nitrogens with zero attached hydrogens (tertiary/aromatic N) is 5. The molecule has 0 radical (unpaired) electrons. The van der Waals surface area contributed by atoms with Crippen molar-refractivity contribution in [3.8, 4) is 11.5 Å². The number of hydrogen-bond acceptors (Lipinski definition) is 9. The summed E-state index contributed by atoms with van der Waals surface area (Å²) < 4.78 is 18.4. The number of carboxylic acids is 1. The van der Waals surface area contributed by atoms with Crippen molar-refractivity contribution < 1.29 is 23.6 Å². The van der Waals surface area contributed by atoms with Crippen molar-refractivity contribution in [1.82, 2.24) is 20.1 Å². The monoisotopic (exact) mass is 473 g/mol. The molecule has 1 aromatic carbocycles. The van der Waals surface area contributed by atoms with Gasteiger partial charge in [0, 0.05) is 11.9 Å². The summed E-state index contributed by atoms with van der Waals surface area (Å²) in [5.41, 5.74) is 0.783. The number of hydrogen-bond donors (Lipinski definition) is 1. The molecule has 162 valence electrons. The maximum absolute atomic E-state index is 13.4. The Hall–Kier alpha value is -3.70. The summed E-state index contributed by atoms with van der Waals surface area (Å²) in [6.45, 7) is 1.43. The Morgan fingerprint density at radius 2 is 1.94 bits per heavy atom. The van der Waals surface area contributed by atoms with Crippen LogP contribution in [0.1, 0.15) is 22.5 Å². The molecule has 4 aromatic rings. The number of rotatable bonds is 7. The van der Waals surface area contributed by atoms with E-state index in [0.29, 0.717) is 11.4 Å². The molecule has 32 heavy (non-hydrogen) atoms. The molecule has 0 aliphatic carbocycles. The highest BCUT2D eigenvalue weighted by molar-refractivity contribution is 7.18. The number of carbonyl (C=O) groups is 2. The average Bonchev–Trinajstić information content (AvgIpc) is 3.43. The quantitative estimate of drug-likeness (QED) is 0.393. The van der Waals surface area contributed by atoms with Gasteiger partial charge in [-0.2, -0.15) is 4.98 Å². The third-order valence-electron chi connectivity index (χ3n) is 4.35. The van der Waals surface area contributed by atoms with E-state index in [1.807, 2.05) is 0 Å².